The molecular formula is C18H23NO2. The molecule has 2 N–H and O–H groups in total. The molecular weight excluding hydrogens is 262 g/mol. The molecule has 3 heteroatoms. The van der Waals surface area contributed by atoms with Gasteiger partial charge in [-0.15, -0.1) is 0 Å². The second-order valence-corrected chi connectivity index (χ2v) is 5.10. The predicted octanol–water partition coefficient (Wildman–Crippen LogP) is 4.57. The number of phenolic OH excluding ortho intramolecular Hbond substituents is 1. The first-order valence-corrected chi connectivity index (χ1v) is 7.52. The van der Waals surface area contributed by atoms with Gasteiger partial charge in [0.2, 0.25) is 0 Å². The molecule has 0 aliphatic heterocycles. The molecule has 3 nitrogen and oxygen atoms in total. The minimum Gasteiger partial charge on any atom is -0.508 e. The summed E-state index contributed by atoms with van der Waals surface area (Å²) < 4.78 is 5.69. The summed E-state index contributed by atoms with van der Waals surface area (Å²) in [6.45, 7) is 3.70. The van der Waals surface area contributed by atoms with Gasteiger partial charge in [0.05, 0.1) is 6.61 Å². The van der Waals surface area contributed by atoms with Crippen molar-refractivity contribution >= 4 is 5.69 Å². The van der Waals surface area contributed by atoms with E-state index in [9.17, 15) is 5.11 Å². The molecule has 0 saturated carbocycles. The number of aromatic hydroxyl groups is 1. The number of hydrogen-bond donors (Lipinski definition) is 2. The standard InChI is InChI=1S/C18H23NO2/c1-2-3-4-12-21-18-10-8-15(9-11-18)14-19-16-6-5-7-17(20)13-16/h5-11,13,19-20H,2-4,12,14H2,1H3. The first kappa shape index (κ1) is 15.2. The Morgan fingerprint density at radius 3 is 2.57 bits per heavy atom. The van der Waals surface area contributed by atoms with Crippen LogP contribution in [0.4, 0.5) is 5.69 Å². The zero-order chi connectivity index (χ0) is 14.9. The maximum atomic E-state index is 9.41. The van der Waals surface area contributed by atoms with Crippen molar-refractivity contribution in [1.29, 1.82) is 0 Å². The summed E-state index contributed by atoms with van der Waals surface area (Å²) in [6.07, 6.45) is 3.53. The van der Waals surface area contributed by atoms with E-state index < -0.39 is 0 Å². The highest BCUT2D eigenvalue weighted by Gasteiger charge is 1.97. The second kappa shape index (κ2) is 8.20. The maximum Gasteiger partial charge on any atom is 0.119 e. The lowest BCUT2D eigenvalue weighted by atomic mass is 10.2. The lowest BCUT2D eigenvalue weighted by Gasteiger charge is -2.09. The van der Waals surface area contributed by atoms with E-state index >= 15 is 0 Å². The van der Waals surface area contributed by atoms with Crippen molar-refractivity contribution in [2.45, 2.75) is 32.7 Å². The van der Waals surface area contributed by atoms with E-state index in [-0.39, 0.29) is 5.75 Å². The van der Waals surface area contributed by atoms with Crippen molar-refractivity contribution in [3.8, 4) is 11.5 Å². The minimum atomic E-state index is 0.274. The smallest absolute Gasteiger partial charge is 0.119 e. The van der Waals surface area contributed by atoms with Gasteiger partial charge in [-0.05, 0) is 36.2 Å². The summed E-state index contributed by atoms with van der Waals surface area (Å²) in [5, 5.41) is 12.7. The summed E-state index contributed by atoms with van der Waals surface area (Å²) in [4.78, 5) is 0. The Hall–Kier alpha value is -2.16. The van der Waals surface area contributed by atoms with Crippen LogP contribution in [0.3, 0.4) is 0 Å². The maximum absolute atomic E-state index is 9.41. The molecule has 0 unspecified atom stereocenters. The van der Waals surface area contributed by atoms with Gasteiger partial charge in [0, 0.05) is 18.3 Å². The van der Waals surface area contributed by atoms with E-state index in [4.69, 9.17) is 4.74 Å². The van der Waals surface area contributed by atoms with Crippen molar-refractivity contribution in [1.82, 2.24) is 0 Å². The number of rotatable bonds is 8. The van der Waals surface area contributed by atoms with Crippen LogP contribution in [0.25, 0.3) is 0 Å². The Labute approximate surface area is 126 Å². The van der Waals surface area contributed by atoms with Gasteiger partial charge < -0.3 is 15.2 Å². The van der Waals surface area contributed by atoms with Gasteiger partial charge in [0.1, 0.15) is 11.5 Å². The molecule has 0 spiro atoms. The summed E-state index contributed by atoms with van der Waals surface area (Å²) in [6, 6.07) is 15.3. The molecule has 112 valence electrons. The summed E-state index contributed by atoms with van der Waals surface area (Å²) in [7, 11) is 0. The van der Waals surface area contributed by atoms with Gasteiger partial charge in [-0.25, -0.2) is 0 Å². The Morgan fingerprint density at radius 2 is 1.86 bits per heavy atom. The Bertz CT molecular complexity index is 537. The van der Waals surface area contributed by atoms with Crippen LogP contribution in [0.5, 0.6) is 11.5 Å². The van der Waals surface area contributed by atoms with Crippen LogP contribution in [0.15, 0.2) is 48.5 Å². The minimum absolute atomic E-state index is 0.274. The van der Waals surface area contributed by atoms with Gasteiger partial charge in [-0.3, -0.25) is 0 Å². The fourth-order valence-electron chi connectivity index (χ4n) is 2.07. The summed E-state index contributed by atoms with van der Waals surface area (Å²) in [5.74, 6) is 1.20. The normalized spacial score (nSPS) is 10.3. The zero-order valence-electron chi connectivity index (χ0n) is 12.5. The third-order valence-corrected chi connectivity index (χ3v) is 3.28. The van der Waals surface area contributed by atoms with Crippen LogP contribution in [-0.4, -0.2) is 11.7 Å². The molecule has 0 heterocycles. The van der Waals surface area contributed by atoms with Gasteiger partial charge in [0.25, 0.3) is 0 Å². The lowest BCUT2D eigenvalue weighted by molar-refractivity contribution is 0.306. The number of anilines is 1. The van der Waals surface area contributed by atoms with E-state index in [2.05, 4.69) is 24.4 Å². The van der Waals surface area contributed by atoms with E-state index in [1.807, 2.05) is 24.3 Å². The molecule has 0 aromatic heterocycles. The van der Waals surface area contributed by atoms with Gasteiger partial charge >= 0.3 is 0 Å². The number of ether oxygens (including phenoxy) is 1. The highest BCUT2D eigenvalue weighted by atomic mass is 16.5. The van der Waals surface area contributed by atoms with Crippen molar-refractivity contribution in [3.63, 3.8) is 0 Å². The fraction of sp³-hybridized carbons (Fsp3) is 0.333. The SMILES string of the molecule is CCCCCOc1ccc(CNc2cccc(O)c2)cc1. The van der Waals surface area contributed by atoms with Gasteiger partial charge in [0.15, 0.2) is 0 Å². The third-order valence-electron chi connectivity index (χ3n) is 3.28. The zero-order valence-corrected chi connectivity index (χ0v) is 12.5. The summed E-state index contributed by atoms with van der Waals surface area (Å²) in [5.41, 5.74) is 2.09. The molecule has 0 bridgehead atoms. The molecule has 0 saturated heterocycles. The second-order valence-electron chi connectivity index (χ2n) is 5.10. The highest BCUT2D eigenvalue weighted by Crippen LogP contribution is 2.17. The van der Waals surface area contributed by atoms with E-state index in [0.717, 1.165) is 31.0 Å². The molecule has 0 atom stereocenters. The van der Waals surface area contributed by atoms with Crippen LogP contribution in [0.1, 0.15) is 31.7 Å². The molecule has 21 heavy (non-hydrogen) atoms. The topological polar surface area (TPSA) is 41.5 Å². The fourth-order valence-corrected chi connectivity index (χ4v) is 2.07. The largest absolute Gasteiger partial charge is 0.508 e. The molecule has 2 rings (SSSR count). The van der Waals surface area contributed by atoms with Crippen LogP contribution < -0.4 is 10.1 Å². The van der Waals surface area contributed by atoms with Crippen molar-refractivity contribution in [2.75, 3.05) is 11.9 Å². The third kappa shape index (κ3) is 5.38. The Balaban J connectivity index is 1.79. The molecule has 0 fully saturated rings. The lowest BCUT2D eigenvalue weighted by Crippen LogP contribution is -2.00. The van der Waals surface area contributed by atoms with E-state index in [0.29, 0.717) is 0 Å². The molecule has 0 aliphatic rings. The van der Waals surface area contributed by atoms with Crippen LogP contribution in [0.2, 0.25) is 0 Å². The molecule has 0 radical (unpaired) electrons. The highest BCUT2D eigenvalue weighted by molar-refractivity contribution is 5.48. The monoisotopic (exact) mass is 285 g/mol. The van der Waals surface area contributed by atoms with Crippen LogP contribution in [0, 0.1) is 0 Å². The van der Waals surface area contributed by atoms with Crippen LogP contribution >= 0.6 is 0 Å². The number of unbranched alkanes of at least 4 members (excludes halogenated alkanes) is 2. The first-order valence-electron chi connectivity index (χ1n) is 7.52. The molecule has 0 aliphatic carbocycles. The number of benzene rings is 2. The molecule has 2 aromatic carbocycles. The van der Waals surface area contributed by atoms with Gasteiger partial charge in [-0.2, -0.15) is 0 Å². The summed E-state index contributed by atoms with van der Waals surface area (Å²) >= 11 is 0. The van der Waals surface area contributed by atoms with Gasteiger partial charge in [-0.1, -0.05) is 38.0 Å². The number of nitrogens with one attached hydrogen (secondary N) is 1. The quantitative estimate of drug-likeness (QED) is 0.698. The number of hydrogen-bond acceptors (Lipinski definition) is 3. The van der Waals surface area contributed by atoms with E-state index in [1.165, 1.54) is 18.4 Å². The van der Waals surface area contributed by atoms with Crippen molar-refractivity contribution in [2.24, 2.45) is 0 Å². The van der Waals surface area contributed by atoms with Crippen LogP contribution in [-0.2, 0) is 6.54 Å². The Morgan fingerprint density at radius 1 is 1.05 bits per heavy atom. The molecule has 2 aromatic rings. The first-order chi connectivity index (χ1) is 10.3. The average Bonchev–Trinajstić information content (AvgIpc) is 2.51. The predicted molar refractivity (Wildman–Crippen MR) is 86.9 cm³/mol. The Kier molecular flexibility index (Phi) is 5.95. The van der Waals surface area contributed by atoms with Crippen molar-refractivity contribution in [3.05, 3.63) is 54.1 Å². The number of phenols is 1. The molecule has 0 amide bonds. The van der Waals surface area contributed by atoms with E-state index in [1.54, 1.807) is 12.1 Å². The van der Waals surface area contributed by atoms with Crippen molar-refractivity contribution < 1.29 is 9.84 Å². The average molecular weight is 285 g/mol.